The lowest BCUT2D eigenvalue weighted by Crippen LogP contribution is -2.21. The summed E-state index contributed by atoms with van der Waals surface area (Å²) >= 11 is 19.5. The lowest BCUT2D eigenvalue weighted by molar-refractivity contribution is -0.113. The average Bonchev–Trinajstić information content (AvgIpc) is 3.09. The number of anilines is 1. The Morgan fingerprint density at radius 2 is 1.97 bits per heavy atom. The number of thioether (sulfide) groups is 1. The third-order valence-corrected chi connectivity index (χ3v) is 7.32. The monoisotopic (exact) mass is 526 g/mol. The molecule has 2 heterocycles. The van der Waals surface area contributed by atoms with Crippen molar-refractivity contribution in [1.29, 1.82) is 0 Å². The number of nitrogens with zero attached hydrogens (tertiary/aromatic N) is 3. The highest BCUT2D eigenvalue weighted by atomic mass is 35.5. The topological polar surface area (TPSA) is 68.9 Å². The number of fused-ring (bicyclic) bond motifs is 1. The van der Waals surface area contributed by atoms with Crippen LogP contribution in [0.5, 0.6) is 0 Å². The van der Waals surface area contributed by atoms with Crippen LogP contribution in [0.1, 0.15) is 0 Å². The summed E-state index contributed by atoms with van der Waals surface area (Å²) in [6.07, 6.45) is 0. The second kappa shape index (κ2) is 9.32. The summed E-state index contributed by atoms with van der Waals surface area (Å²) in [4.78, 5) is 29.9. The molecule has 0 saturated heterocycles. The molecular formula is C20H13Cl2FN4O2S3. The van der Waals surface area contributed by atoms with Crippen LogP contribution >= 0.6 is 58.5 Å². The number of aromatic nitrogens is 3. The van der Waals surface area contributed by atoms with Gasteiger partial charge in [-0.3, -0.25) is 18.7 Å². The number of hydrogen-bond donors (Lipinski definition) is 1. The maximum atomic E-state index is 13.3. The molecule has 0 saturated carbocycles. The van der Waals surface area contributed by atoms with Crippen molar-refractivity contribution in [1.82, 2.24) is 14.1 Å². The molecule has 164 valence electrons. The minimum absolute atomic E-state index is 0.0212. The van der Waals surface area contributed by atoms with E-state index in [-0.39, 0.29) is 22.2 Å². The number of nitrogens with one attached hydrogen (secondary N) is 1. The molecule has 32 heavy (non-hydrogen) atoms. The van der Waals surface area contributed by atoms with E-state index in [1.807, 2.05) is 0 Å². The van der Waals surface area contributed by atoms with E-state index in [1.165, 1.54) is 34.1 Å². The standard InChI is InChI=1S/C20H13Cl2FN4O2S3/c1-26-18(29)16-17(27(20(30)32-16)12-5-2-10(21)3-6-12)25-19(26)31-9-15(28)24-11-4-7-14(23)13(22)8-11/h2-8H,9H2,1H3,(H,24,28). The van der Waals surface area contributed by atoms with Crippen molar-refractivity contribution in [3.63, 3.8) is 0 Å². The summed E-state index contributed by atoms with van der Waals surface area (Å²) in [7, 11) is 1.59. The molecule has 0 unspecified atom stereocenters. The lowest BCUT2D eigenvalue weighted by Gasteiger charge is -2.10. The van der Waals surface area contributed by atoms with Gasteiger partial charge in [-0.2, -0.15) is 0 Å². The van der Waals surface area contributed by atoms with Crippen molar-refractivity contribution in [3.05, 3.63) is 72.6 Å². The van der Waals surface area contributed by atoms with Gasteiger partial charge in [0.05, 0.1) is 10.8 Å². The van der Waals surface area contributed by atoms with Crippen molar-refractivity contribution >= 4 is 80.5 Å². The average molecular weight is 527 g/mol. The van der Waals surface area contributed by atoms with Gasteiger partial charge in [-0.05, 0) is 54.7 Å². The molecule has 4 rings (SSSR count). The van der Waals surface area contributed by atoms with E-state index in [4.69, 9.17) is 35.4 Å². The van der Waals surface area contributed by atoms with Gasteiger partial charge in [0.2, 0.25) is 5.91 Å². The van der Waals surface area contributed by atoms with Crippen LogP contribution < -0.4 is 10.9 Å². The molecule has 2 aromatic heterocycles. The number of thiazole rings is 1. The van der Waals surface area contributed by atoms with E-state index in [1.54, 1.807) is 35.9 Å². The molecule has 0 fully saturated rings. The number of amides is 1. The normalized spacial score (nSPS) is 11.1. The van der Waals surface area contributed by atoms with Crippen LogP contribution in [0.4, 0.5) is 10.1 Å². The zero-order chi connectivity index (χ0) is 23.0. The van der Waals surface area contributed by atoms with Gasteiger partial charge >= 0.3 is 0 Å². The number of carbonyl (C=O) groups is 1. The molecule has 4 aromatic rings. The first kappa shape index (κ1) is 22.9. The Labute approximate surface area is 204 Å². The molecule has 0 bridgehead atoms. The molecular weight excluding hydrogens is 514 g/mol. The number of carbonyl (C=O) groups excluding carboxylic acids is 1. The maximum absolute atomic E-state index is 13.3. The van der Waals surface area contributed by atoms with Crippen molar-refractivity contribution in [2.75, 3.05) is 11.1 Å². The van der Waals surface area contributed by atoms with Gasteiger partial charge in [0.25, 0.3) is 5.56 Å². The van der Waals surface area contributed by atoms with Gasteiger partial charge < -0.3 is 5.32 Å². The highest BCUT2D eigenvalue weighted by Crippen LogP contribution is 2.26. The van der Waals surface area contributed by atoms with Gasteiger partial charge in [-0.15, -0.1) is 0 Å². The number of rotatable bonds is 5. The number of halogens is 3. The van der Waals surface area contributed by atoms with Gasteiger partial charge in [0.1, 0.15) is 10.5 Å². The van der Waals surface area contributed by atoms with E-state index >= 15 is 0 Å². The van der Waals surface area contributed by atoms with Crippen LogP contribution in [0.25, 0.3) is 16.0 Å². The van der Waals surface area contributed by atoms with Crippen LogP contribution in [-0.2, 0) is 11.8 Å². The first-order valence-corrected chi connectivity index (χ1v) is 12.0. The smallest absolute Gasteiger partial charge is 0.273 e. The number of hydrogen-bond acceptors (Lipinski definition) is 6. The predicted octanol–water partition coefficient (Wildman–Crippen LogP) is 5.69. The highest BCUT2D eigenvalue weighted by Gasteiger charge is 2.17. The molecule has 0 radical (unpaired) electrons. The molecule has 2 aromatic carbocycles. The van der Waals surface area contributed by atoms with Crippen LogP contribution in [0.3, 0.4) is 0 Å². The molecule has 6 nitrogen and oxygen atoms in total. The SMILES string of the molecule is Cn1c(SCC(=O)Nc2ccc(F)c(Cl)c2)nc2c(sc(=S)n2-c2ccc(Cl)cc2)c1=O. The van der Waals surface area contributed by atoms with E-state index in [2.05, 4.69) is 10.3 Å². The highest BCUT2D eigenvalue weighted by molar-refractivity contribution is 7.99. The van der Waals surface area contributed by atoms with E-state index in [0.29, 0.717) is 30.2 Å². The molecule has 0 aliphatic carbocycles. The zero-order valence-corrected chi connectivity index (χ0v) is 20.2. The summed E-state index contributed by atoms with van der Waals surface area (Å²) < 4.78 is 17.3. The van der Waals surface area contributed by atoms with Crippen LogP contribution in [-0.4, -0.2) is 25.8 Å². The summed E-state index contributed by atoms with van der Waals surface area (Å²) in [5.41, 5.74) is 1.26. The van der Waals surface area contributed by atoms with E-state index < -0.39 is 5.82 Å². The first-order valence-electron chi connectivity index (χ1n) is 9.01. The second-order valence-electron chi connectivity index (χ2n) is 6.56. The minimum atomic E-state index is -0.572. The minimum Gasteiger partial charge on any atom is -0.325 e. The van der Waals surface area contributed by atoms with Crippen molar-refractivity contribution in [2.45, 2.75) is 5.16 Å². The molecule has 12 heteroatoms. The number of benzene rings is 2. The van der Waals surface area contributed by atoms with Crippen molar-refractivity contribution in [2.24, 2.45) is 7.05 Å². The third-order valence-electron chi connectivity index (χ3n) is 4.39. The van der Waals surface area contributed by atoms with E-state index in [9.17, 15) is 14.0 Å². The van der Waals surface area contributed by atoms with Crippen LogP contribution in [0, 0.1) is 9.77 Å². The third kappa shape index (κ3) is 4.60. The fraction of sp³-hybridized carbons (Fsp3) is 0.100. The fourth-order valence-corrected chi connectivity index (χ4v) is 5.28. The Kier molecular flexibility index (Phi) is 6.68. The maximum Gasteiger partial charge on any atom is 0.273 e. The summed E-state index contributed by atoms with van der Waals surface area (Å²) in [6.45, 7) is 0. The van der Waals surface area contributed by atoms with Gasteiger partial charge in [-0.1, -0.05) is 46.3 Å². The summed E-state index contributed by atoms with van der Waals surface area (Å²) in [6, 6.07) is 10.9. The Balaban J connectivity index is 1.63. The largest absolute Gasteiger partial charge is 0.325 e. The zero-order valence-electron chi connectivity index (χ0n) is 16.3. The lowest BCUT2D eigenvalue weighted by atomic mass is 10.3. The molecule has 0 spiro atoms. The van der Waals surface area contributed by atoms with Crippen LogP contribution in [0.15, 0.2) is 52.4 Å². The summed E-state index contributed by atoms with van der Waals surface area (Å²) in [5.74, 6) is -0.948. The first-order chi connectivity index (χ1) is 15.2. The Bertz CT molecular complexity index is 1460. The molecule has 1 N–H and O–H groups in total. The van der Waals surface area contributed by atoms with Gasteiger partial charge in [-0.25, -0.2) is 9.37 Å². The van der Waals surface area contributed by atoms with Gasteiger partial charge in [0, 0.05) is 23.4 Å². The second-order valence-corrected chi connectivity index (χ2v) is 9.99. The summed E-state index contributed by atoms with van der Waals surface area (Å²) in [5, 5.41) is 3.48. The quantitative estimate of drug-likeness (QED) is 0.205. The molecule has 0 atom stereocenters. The molecule has 0 aliphatic heterocycles. The Morgan fingerprint density at radius 3 is 2.66 bits per heavy atom. The van der Waals surface area contributed by atoms with Crippen molar-refractivity contribution < 1.29 is 9.18 Å². The Morgan fingerprint density at radius 1 is 1.25 bits per heavy atom. The van der Waals surface area contributed by atoms with Crippen LogP contribution in [0.2, 0.25) is 10.0 Å². The predicted molar refractivity (Wildman–Crippen MR) is 131 cm³/mol. The Hall–Kier alpha value is -2.24. The fourth-order valence-electron chi connectivity index (χ4n) is 2.86. The van der Waals surface area contributed by atoms with Crippen molar-refractivity contribution in [3.8, 4) is 5.69 Å². The van der Waals surface area contributed by atoms with Gasteiger partial charge in [0.15, 0.2) is 14.8 Å². The molecule has 0 aliphatic rings. The molecule has 1 amide bonds. The van der Waals surface area contributed by atoms with E-state index in [0.717, 1.165) is 17.4 Å².